The minimum Gasteiger partial charge on any atom is -0.494 e. The molecule has 0 N–H and O–H groups in total. The molecule has 22 heavy (non-hydrogen) atoms. The van der Waals surface area contributed by atoms with Gasteiger partial charge in [0.25, 0.3) is 0 Å². The van der Waals surface area contributed by atoms with Crippen molar-refractivity contribution in [3.63, 3.8) is 0 Å². The van der Waals surface area contributed by atoms with Gasteiger partial charge in [-0.25, -0.2) is 0 Å². The predicted octanol–water partition coefficient (Wildman–Crippen LogP) is 4.72. The number of hydrogen-bond acceptors (Lipinski definition) is 3. The summed E-state index contributed by atoms with van der Waals surface area (Å²) < 4.78 is 10.8. The third kappa shape index (κ3) is 5.08. The second-order valence-corrected chi connectivity index (χ2v) is 5.56. The van der Waals surface area contributed by atoms with Gasteiger partial charge in [0.1, 0.15) is 11.5 Å². The third-order valence-corrected chi connectivity index (χ3v) is 3.60. The lowest BCUT2D eigenvalue weighted by atomic mass is 10.2. The number of ether oxygens (including phenoxy) is 2. The minimum atomic E-state index is -0.269. The van der Waals surface area contributed by atoms with Gasteiger partial charge in [0.05, 0.1) is 6.61 Å². The second-order valence-electron chi connectivity index (χ2n) is 5.15. The van der Waals surface area contributed by atoms with Gasteiger partial charge in [0, 0.05) is 11.4 Å². The van der Waals surface area contributed by atoms with Crippen LogP contribution in [0.4, 0.5) is 0 Å². The highest BCUT2D eigenvalue weighted by Gasteiger charge is 2.06. The van der Waals surface area contributed by atoms with Crippen LogP contribution in [0.1, 0.15) is 24.0 Å². The molecule has 0 atom stereocenters. The summed E-state index contributed by atoms with van der Waals surface area (Å²) in [5.41, 5.74) is 2.07. The van der Waals surface area contributed by atoms with E-state index in [0.717, 1.165) is 11.3 Å². The Kier molecular flexibility index (Phi) is 5.84. The Hall–Kier alpha value is -2.00. The number of benzene rings is 2. The average molecular weight is 319 g/mol. The normalized spacial score (nSPS) is 10.3. The van der Waals surface area contributed by atoms with Crippen LogP contribution in [0.5, 0.6) is 11.5 Å². The average Bonchev–Trinajstić information content (AvgIpc) is 2.49. The molecular weight excluding hydrogens is 300 g/mol. The minimum absolute atomic E-state index is 0.269. The molecule has 0 heterocycles. The molecule has 0 unspecified atom stereocenters. The van der Waals surface area contributed by atoms with E-state index in [1.807, 2.05) is 38.1 Å². The summed E-state index contributed by atoms with van der Waals surface area (Å²) in [4.78, 5) is 11.8. The zero-order valence-corrected chi connectivity index (χ0v) is 13.5. The van der Waals surface area contributed by atoms with Gasteiger partial charge in [-0.2, -0.15) is 0 Å². The van der Waals surface area contributed by atoms with E-state index < -0.39 is 0 Å². The number of carbonyl (C=O) groups is 1. The van der Waals surface area contributed by atoms with Crippen LogP contribution in [-0.4, -0.2) is 12.6 Å². The molecule has 0 aliphatic rings. The molecule has 0 aromatic heterocycles. The first-order valence-corrected chi connectivity index (χ1v) is 7.59. The smallest absolute Gasteiger partial charge is 0.311 e. The van der Waals surface area contributed by atoms with E-state index in [1.165, 1.54) is 5.56 Å². The molecule has 0 radical (unpaired) electrons. The van der Waals surface area contributed by atoms with Crippen LogP contribution in [0.25, 0.3) is 0 Å². The fourth-order valence-electron chi connectivity index (χ4n) is 1.90. The van der Waals surface area contributed by atoms with Gasteiger partial charge < -0.3 is 9.47 Å². The Labute approximate surface area is 135 Å². The van der Waals surface area contributed by atoms with Crippen molar-refractivity contribution in [1.29, 1.82) is 0 Å². The fourth-order valence-corrected chi connectivity index (χ4v) is 2.02. The predicted molar refractivity (Wildman–Crippen MR) is 87.7 cm³/mol. The Morgan fingerprint density at radius 2 is 1.73 bits per heavy atom. The summed E-state index contributed by atoms with van der Waals surface area (Å²) in [6, 6.07) is 13.0. The highest BCUT2D eigenvalue weighted by Crippen LogP contribution is 2.21. The monoisotopic (exact) mass is 318 g/mol. The maximum absolute atomic E-state index is 11.8. The Morgan fingerprint density at radius 3 is 2.41 bits per heavy atom. The lowest BCUT2D eigenvalue weighted by Gasteiger charge is -2.07. The van der Waals surface area contributed by atoms with Crippen molar-refractivity contribution in [3.8, 4) is 11.5 Å². The Morgan fingerprint density at radius 1 is 1.05 bits per heavy atom. The molecule has 2 aromatic carbocycles. The van der Waals surface area contributed by atoms with Gasteiger partial charge in [-0.15, -0.1) is 0 Å². The van der Waals surface area contributed by atoms with Crippen molar-refractivity contribution in [2.24, 2.45) is 0 Å². The second kappa shape index (κ2) is 7.85. The summed E-state index contributed by atoms with van der Waals surface area (Å²) in [5.74, 6) is 1.06. The van der Waals surface area contributed by atoms with Crippen molar-refractivity contribution in [2.45, 2.75) is 26.7 Å². The summed E-state index contributed by atoms with van der Waals surface area (Å²) in [7, 11) is 0. The molecule has 2 rings (SSSR count). The van der Waals surface area contributed by atoms with Crippen molar-refractivity contribution >= 4 is 17.6 Å². The van der Waals surface area contributed by atoms with Crippen molar-refractivity contribution in [2.75, 3.05) is 6.61 Å². The maximum Gasteiger partial charge on any atom is 0.311 e. The van der Waals surface area contributed by atoms with Crippen molar-refractivity contribution in [1.82, 2.24) is 0 Å². The summed E-state index contributed by atoms with van der Waals surface area (Å²) in [6.07, 6.45) is 0.923. The van der Waals surface area contributed by atoms with Gasteiger partial charge in [-0.1, -0.05) is 29.3 Å². The molecule has 0 saturated heterocycles. The zero-order chi connectivity index (χ0) is 15.9. The van der Waals surface area contributed by atoms with E-state index in [2.05, 4.69) is 0 Å². The van der Waals surface area contributed by atoms with Crippen LogP contribution in [0.2, 0.25) is 5.02 Å². The number of halogens is 1. The SMILES string of the molecule is Cc1ccc(OCCCC(=O)Oc2ccc(Cl)c(C)c2)cc1. The lowest BCUT2D eigenvalue weighted by molar-refractivity contribution is -0.134. The van der Waals surface area contributed by atoms with Crippen LogP contribution in [-0.2, 0) is 4.79 Å². The number of rotatable bonds is 6. The number of hydrogen-bond donors (Lipinski definition) is 0. The van der Waals surface area contributed by atoms with Crippen LogP contribution in [0.15, 0.2) is 42.5 Å². The largest absolute Gasteiger partial charge is 0.494 e. The third-order valence-electron chi connectivity index (χ3n) is 3.18. The number of carbonyl (C=O) groups excluding carboxylic acids is 1. The van der Waals surface area contributed by atoms with Crippen LogP contribution in [0.3, 0.4) is 0 Å². The fraction of sp³-hybridized carbons (Fsp3) is 0.278. The van der Waals surface area contributed by atoms with E-state index in [-0.39, 0.29) is 5.97 Å². The van der Waals surface area contributed by atoms with E-state index in [0.29, 0.717) is 30.2 Å². The van der Waals surface area contributed by atoms with E-state index >= 15 is 0 Å². The van der Waals surface area contributed by atoms with E-state index in [1.54, 1.807) is 18.2 Å². The topological polar surface area (TPSA) is 35.5 Å². The molecule has 0 spiro atoms. The van der Waals surface area contributed by atoms with Crippen LogP contribution >= 0.6 is 11.6 Å². The van der Waals surface area contributed by atoms with E-state index in [9.17, 15) is 4.79 Å². The molecular formula is C18H19ClO3. The summed E-state index contributed by atoms with van der Waals surface area (Å²) in [5, 5.41) is 0.659. The lowest BCUT2D eigenvalue weighted by Crippen LogP contribution is -2.10. The highest BCUT2D eigenvalue weighted by atomic mass is 35.5. The summed E-state index contributed by atoms with van der Waals surface area (Å²) in [6.45, 7) is 4.38. The van der Waals surface area contributed by atoms with Gasteiger partial charge in [-0.3, -0.25) is 4.79 Å². The molecule has 0 fully saturated rings. The Bertz CT molecular complexity index is 635. The molecule has 0 aliphatic carbocycles. The van der Waals surface area contributed by atoms with Gasteiger partial charge >= 0.3 is 5.97 Å². The molecule has 2 aromatic rings. The first kappa shape index (κ1) is 16.4. The molecule has 116 valence electrons. The molecule has 4 heteroatoms. The number of aryl methyl sites for hydroxylation is 2. The summed E-state index contributed by atoms with van der Waals surface area (Å²) >= 11 is 5.93. The van der Waals surface area contributed by atoms with E-state index in [4.69, 9.17) is 21.1 Å². The standard InChI is InChI=1S/C18H19ClO3/c1-13-5-7-15(8-6-13)21-11-3-4-18(20)22-16-9-10-17(19)14(2)12-16/h5-10,12H,3-4,11H2,1-2H3. The van der Waals surface area contributed by atoms with Crippen molar-refractivity contribution < 1.29 is 14.3 Å². The maximum atomic E-state index is 11.8. The quantitative estimate of drug-likeness (QED) is 0.439. The van der Waals surface area contributed by atoms with Gasteiger partial charge in [0.15, 0.2) is 0 Å². The van der Waals surface area contributed by atoms with Crippen LogP contribution in [0, 0.1) is 13.8 Å². The highest BCUT2D eigenvalue weighted by molar-refractivity contribution is 6.31. The zero-order valence-electron chi connectivity index (χ0n) is 12.8. The molecule has 0 bridgehead atoms. The molecule has 0 saturated carbocycles. The molecule has 0 amide bonds. The Balaban J connectivity index is 1.71. The van der Waals surface area contributed by atoms with Gasteiger partial charge in [0.2, 0.25) is 0 Å². The van der Waals surface area contributed by atoms with Crippen molar-refractivity contribution in [3.05, 3.63) is 58.6 Å². The molecule has 3 nitrogen and oxygen atoms in total. The first-order valence-electron chi connectivity index (χ1n) is 7.21. The number of esters is 1. The van der Waals surface area contributed by atoms with Crippen LogP contribution < -0.4 is 9.47 Å². The molecule has 0 aliphatic heterocycles. The van der Waals surface area contributed by atoms with Gasteiger partial charge in [-0.05, 0) is 56.2 Å². The first-order chi connectivity index (χ1) is 10.5.